The van der Waals surface area contributed by atoms with Crippen LogP contribution in [0.2, 0.25) is 0 Å². The Hall–Kier alpha value is -4.00. The Morgan fingerprint density at radius 3 is 2.42 bits per heavy atom. The van der Waals surface area contributed by atoms with Gasteiger partial charge in [0.15, 0.2) is 0 Å². The molecule has 2 heterocycles. The Kier molecular flexibility index (Phi) is 6.80. The second-order valence-electron chi connectivity index (χ2n) is 9.53. The van der Waals surface area contributed by atoms with E-state index in [-0.39, 0.29) is 17.9 Å². The lowest BCUT2D eigenvalue weighted by Gasteiger charge is -2.41. The fraction of sp³-hybridized carbons (Fsp3) is 0.310. The summed E-state index contributed by atoms with van der Waals surface area (Å²) in [6, 6.07) is 17.4. The minimum absolute atomic E-state index is 0.0188. The van der Waals surface area contributed by atoms with Crippen molar-refractivity contribution in [3.05, 3.63) is 102 Å². The monoisotopic (exact) mass is 481 g/mol. The van der Waals surface area contributed by atoms with Crippen LogP contribution in [-0.4, -0.2) is 50.6 Å². The Morgan fingerprint density at radius 2 is 1.78 bits per heavy atom. The van der Waals surface area contributed by atoms with Crippen molar-refractivity contribution in [2.24, 2.45) is 0 Å². The van der Waals surface area contributed by atoms with Crippen LogP contribution in [0.15, 0.2) is 91.1 Å². The van der Waals surface area contributed by atoms with Gasteiger partial charge >= 0.3 is 0 Å². The van der Waals surface area contributed by atoms with Gasteiger partial charge in [-0.15, -0.1) is 0 Å². The van der Waals surface area contributed by atoms with Gasteiger partial charge in [-0.25, -0.2) is 9.67 Å². The lowest BCUT2D eigenvalue weighted by atomic mass is 9.71. The van der Waals surface area contributed by atoms with Gasteiger partial charge in [0.25, 0.3) is 5.91 Å². The van der Waals surface area contributed by atoms with Crippen molar-refractivity contribution in [1.29, 1.82) is 0 Å². The quantitative estimate of drug-likeness (QED) is 0.572. The van der Waals surface area contributed by atoms with E-state index in [1.165, 1.54) is 11.9 Å². The standard InChI is InChI=1S/C29H31N5O2/c1-22(23-8-4-2-5-9-23)32-28(36)29(25-10-6-3-7-11-25)16-18-33(19-17-29)27(35)24-12-14-26(15-13-24)34-21-30-20-31-34/h2-4,6-8,10-15,20-22H,5,9,16-19H2,1H3,(H,32,36)/t22-/m0/s1. The Balaban J connectivity index is 1.31. The van der Waals surface area contributed by atoms with E-state index in [1.54, 1.807) is 11.0 Å². The lowest BCUT2D eigenvalue weighted by molar-refractivity contribution is -0.129. The maximum absolute atomic E-state index is 13.8. The molecule has 1 aliphatic heterocycles. The molecule has 0 radical (unpaired) electrons. The van der Waals surface area contributed by atoms with E-state index >= 15 is 0 Å². The number of nitrogens with zero attached hydrogens (tertiary/aromatic N) is 4. The van der Waals surface area contributed by atoms with E-state index < -0.39 is 5.41 Å². The van der Waals surface area contributed by atoms with Crippen molar-refractivity contribution in [3.8, 4) is 5.69 Å². The number of carbonyl (C=O) groups is 2. The summed E-state index contributed by atoms with van der Waals surface area (Å²) in [6.07, 6.45) is 12.6. The molecule has 184 valence electrons. The summed E-state index contributed by atoms with van der Waals surface area (Å²) < 4.78 is 1.66. The summed E-state index contributed by atoms with van der Waals surface area (Å²) in [6.45, 7) is 3.10. The number of hydrogen-bond donors (Lipinski definition) is 1. The van der Waals surface area contributed by atoms with Gasteiger partial charge < -0.3 is 10.2 Å². The molecule has 5 rings (SSSR count). The number of rotatable bonds is 6. The van der Waals surface area contributed by atoms with E-state index in [2.05, 4.69) is 40.6 Å². The largest absolute Gasteiger partial charge is 0.349 e. The molecule has 0 bridgehead atoms. The molecule has 1 aromatic heterocycles. The summed E-state index contributed by atoms with van der Waals surface area (Å²) in [5, 5.41) is 7.42. The molecule has 36 heavy (non-hydrogen) atoms. The fourth-order valence-electron chi connectivity index (χ4n) is 5.19. The van der Waals surface area contributed by atoms with E-state index in [9.17, 15) is 9.59 Å². The highest BCUT2D eigenvalue weighted by molar-refractivity contribution is 5.95. The van der Waals surface area contributed by atoms with Crippen LogP contribution in [0.4, 0.5) is 0 Å². The van der Waals surface area contributed by atoms with Crippen molar-refractivity contribution >= 4 is 11.8 Å². The first-order valence-corrected chi connectivity index (χ1v) is 12.5. The van der Waals surface area contributed by atoms with Crippen LogP contribution in [0.5, 0.6) is 0 Å². The molecule has 1 N–H and O–H groups in total. The molecular weight excluding hydrogens is 450 g/mol. The topological polar surface area (TPSA) is 80.1 Å². The summed E-state index contributed by atoms with van der Waals surface area (Å²) >= 11 is 0. The Bertz CT molecular complexity index is 1250. The SMILES string of the molecule is C[C@H](NC(=O)C1(c2ccccc2)CCN(C(=O)c2ccc(-n3cncn3)cc2)CC1)C1=CC=CCC1. The minimum Gasteiger partial charge on any atom is -0.349 e. The van der Waals surface area contributed by atoms with Crippen LogP contribution in [0.25, 0.3) is 5.69 Å². The molecule has 2 aliphatic rings. The summed E-state index contributed by atoms with van der Waals surface area (Å²) in [5.41, 5.74) is 3.07. The number of likely N-dealkylation sites (tertiary alicyclic amines) is 1. The normalized spacial score (nSPS) is 17.8. The first kappa shape index (κ1) is 23.7. The number of benzene rings is 2. The van der Waals surface area contributed by atoms with Crippen LogP contribution in [-0.2, 0) is 10.2 Å². The summed E-state index contributed by atoms with van der Waals surface area (Å²) in [7, 11) is 0. The predicted octanol–water partition coefficient (Wildman–Crippen LogP) is 4.22. The average Bonchev–Trinajstić information content (AvgIpc) is 3.49. The van der Waals surface area contributed by atoms with Gasteiger partial charge in [0, 0.05) is 24.7 Å². The first-order chi connectivity index (χ1) is 17.6. The van der Waals surface area contributed by atoms with Crippen molar-refractivity contribution in [3.63, 3.8) is 0 Å². The third kappa shape index (κ3) is 4.73. The van der Waals surface area contributed by atoms with E-state index in [0.717, 1.165) is 24.1 Å². The second kappa shape index (κ2) is 10.3. The molecular formula is C29H31N5O2. The zero-order valence-electron chi connectivity index (χ0n) is 20.5. The summed E-state index contributed by atoms with van der Waals surface area (Å²) in [4.78, 5) is 32.9. The van der Waals surface area contributed by atoms with Crippen molar-refractivity contribution in [2.75, 3.05) is 13.1 Å². The molecule has 0 saturated carbocycles. The van der Waals surface area contributed by atoms with Gasteiger partial charge in [-0.1, -0.05) is 48.6 Å². The maximum Gasteiger partial charge on any atom is 0.253 e. The molecule has 7 nitrogen and oxygen atoms in total. The molecule has 1 aliphatic carbocycles. The first-order valence-electron chi connectivity index (χ1n) is 12.5. The van der Waals surface area contributed by atoms with E-state index in [1.807, 2.05) is 59.5 Å². The van der Waals surface area contributed by atoms with Crippen LogP contribution >= 0.6 is 0 Å². The van der Waals surface area contributed by atoms with Gasteiger partial charge in [0.1, 0.15) is 12.7 Å². The highest BCUT2D eigenvalue weighted by Crippen LogP contribution is 2.37. The minimum atomic E-state index is -0.658. The van der Waals surface area contributed by atoms with Crippen LogP contribution < -0.4 is 5.32 Å². The Morgan fingerprint density at radius 1 is 1.03 bits per heavy atom. The number of aromatic nitrogens is 3. The van der Waals surface area contributed by atoms with Crippen molar-refractivity contribution in [1.82, 2.24) is 25.0 Å². The van der Waals surface area contributed by atoms with Gasteiger partial charge in [-0.2, -0.15) is 5.10 Å². The molecule has 2 aromatic carbocycles. The molecule has 1 saturated heterocycles. The molecule has 0 spiro atoms. The number of allylic oxidation sites excluding steroid dienone is 3. The molecule has 2 amide bonds. The highest BCUT2D eigenvalue weighted by atomic mass is 16.2. The van der Waals surface area contributed by atoms with Gasteiger partial charge in [0.2, 0.25) is 5.91 Å². The van der Waals surface area contributed by atoms with Crippen molar-refractivity contribution in [2.45, 2.75) is 44.1 Å². The predicted molar refractivity (Wildman–Crippen MR) is 139 cm³/mol. The number of hydrogen-bond acceptors (Lipinski definition) is 4. The van der Waals surface area contributed by atoms with E-state index in [4.69, 9.17) is 0 Å². The lowest BCUT2D eigenvalue weighted by Crippen LogP contribution is -2.54. The summed E-state index contributed by atoms with van der Waals surface area (Å²) in [5.74, 6) is 0.0238. The highest BCUT2D eigenvalue weighted by Gasteiger charge is 2.44. The second-order valence-corrected chi connectivity index (χ2v) is 9.53. The van der Waals surface area contributed by atoms with Crippen LogP contribution in [0.3, 0.4) is 0 Å². The molecule has 7 heteroatoms. The maximum atomic E-state index is 13.8. The zero-order valence-corrected chi connectivity index (χ0v) is 20.5. The van der Waals surface area contributed by atoms with Crippen LogP contribution in [0, 0.1) is 0 Å². The number of nitrogens with one attached hydrogen (secondary N) is 1. The third-order valence-corrected chi connectivity index (χ3v) is 7.41. The number of carbonyl (C=O) groups excluding carboxylic acids is 2. The molecule has 0 unspecified atom stereocenters. The molecule has 3 aromatic rings. The molecule has 1 fully saturated rings. The number of piperidine rings is 1. The van der Waals surface area contributed by atoms with Gasteiger partial charge in [0.05, 0.1) is 11.1 Å². The third-order valence-electron chi connectivity index (χ3n) is 7.41. The average molecular weight is 482 g/mol. The molecule has 1 atom stereocenters. The van der Waals surface area contributed by atoms with Crippen LogP contribution in [0.1, 0.15) is 48.5 Å². The van der Waals surface area contributed by atoms with Crippen molar-refractivity contribution < 1.29 is 9.59 Å². The zero-order chi connectivity index (χ0) is 25.0. The van der Waals surface area contributed by atoms with E-state index in [0.29, 0.717) is 31.5 Å². The fourth-order valence-corrected chi connectivity index (χ4v) is 5.19. The van der Waals surface area contributed by atoms with Gasteiger partial charge in [-0.3, -0.25) is 9.59 Å². The smallest absolute Gasteiger partial charge is 0.253 e. The van der Waals surface area contributed by atoms with Gasteiger partial charge in [-0.05, 0) is 68.0 Å². The Labute approximate surface area is 211 Å². The number of amides is 2.